The fourth-order valence-electron chi connectivity index (χ4n) is 1.66. The summed E-state index contributed by atoms with van der Waals surface area (Å²) in [5, 5.41) is 0. The van der Waals surface area contributed by atoms with Crippen molar-refractivity contribution in [2.45, 2.75) is 38.9 Å². The molecule has 0 spiro atoms. The summed E-state index contributed by atoms with van der Waals surface area (Å²) in [5.74, 6) is -0.229. The summed E-state index contributed by atoms with van der Waals surface area (Å²) in [7, 11) is 0. The van der Waals surface area contributed by atoms with Gasteiger partial charge in [0.2, 0.25) is 0 Å². The number of benzene rings is 1. The molecule has 0 saturated carbocycles. The van der Waals surface area contributed by atoms with Crippen molar-refractivity contribution >= 4 is 0 Å². The van der Waals surface area contributed by atoms with Crippen molar-refractivity contribution in [1.29, 1.82) is 0 Å². The Labute approximate surface area is 96.6 Å². The van der Waals surface area contributed by atoms with E-state index in [-0.39, 0.29) is 11.4 Å². The second-order valence-electron chi connectivity index (χ2n) is 4.01. The van der Waals surface area contributed by atoms with Gasteiger partial charge in [-0.3, -0.25) is 0 Å². The van der Waals surface area contributed by atoms with E-state index < -0.39 is 0 Å². The molecule has 0 unspecified atom stereocenters. The lowest BCUT2D eigenvalue weighted by atomic mass is 9.97. The smallest absolute Gasteiger partial charge is 0.123 e. The molecule has 0 atom stereocenters. The quantitative estimate of drug-likeness (QED) is 0.808. The van der Waals surface area contributed by atoms with Gasteiger partial charge < -0.3 is 10.5 Å². The summed E-state index contributed by atoms with van der Waals surface area (Å²) in [6.07, 6.45) is 1.74. The average molecular weight is 225 g/mol. The van der Waals surface area contributed by atoms with Gasteiger partial charge in [0.25, 0.3) is 0 Å². The third-order valence-electron chi connectivity index (χ3n) is 3.09. The molecule has 0 bridgehead atoms. The highest BCUT2D eigenvalue weighted by Gasteiger charge is 2.24. The minimum absolute atomic E-state index is 0.229. The van der Waals surface area contributed by atoms with Crippen LogP contribution in [0.3, 0.4) is 0 Å². The molecule has 2 N–H and O–H groups in total. The minimum atomic E-state index is -0.272. The molecule has 0 aliphatic carbocycles. The van der Waals surface area contributed by atoms with Crippen molar-refractivity contribution in [3.8, 4) is 0 Å². The van der Waals surface area contributed by atoms with Gasteiger partial charge in [-0.1, -0.05) is 26.0 Å². The van der Waals surface area contributed by atoms with E-state index in [9.17, 15) is 4.39 Å². The van der Waals surface area contributed by atoms with Crippen molar-refractivity contribution in [2.24, 2.45) is 5.73 Å². The van der Waals surface area contributed by atoms with Crippen LogP contribution in [0.25, 0.3) is 0 Å². The zero-order valence-corrected chi connectivity index (χ0v) is 10.0. The maximum Gasteiger partial charge on any atom is 0.123 e. The number of rotatable bonds is 6. The number of halogens is 1. The summed E-state index contributed by atoms with van der Waals surface area (Å²) in [6, 6.07) is 6.47. The van der Waals surface area contributed by atoms with Gasteiger partial charge in [0.15, 0.2) is 0 Å². The molecule has 16 heavy (non-hydrogen) atoms. The molecule has 0 aliphatic heterocycles. The van der Waals surface area contributed by atoms with E-state index >= 15 is 0 Å². The standard InChI is InChI=1S/C13H20FNO/c1-3-13(4-2,10-15)16-9-11-6-5-7-12(14)8-11/h5-8H,3-4,9-10,15H2,1-2H3. The number of hydrogen-bond acceptors (Lipinski definition) is 2. The van der Waals surface area contributed by atoms with E-state index in [2.05, 4.69) is 13.8 Å². The molecule has 0 saturated heterocycles. The fourth-order valence-corrected chi connectivity index (χ4v) is 1.66. The fraction of sp³-hybridized carbons (Fsp3) is 0.538. The zero-order chi connectivity index (χ0) is 12.0. The highest BCUT2D eigenvalue weighted by Crippen LogP contribution is 2.21. The molecule has 0 fully saturated rings. The van der Waals surface area contributed by atoms with Gasteiger partial charge in [-0.05, 0) is 30.5 Å². The van der Waals surface area contributed by atoms with Crippen molar-refractivity contribution in [1.82, 2.24) is 0 Å². The lowest BCUT2D eigenvalue weighted by Crippen LogP contribution is -2.39. The Hall–Kier alpha value is -0.930. The van der Waals surface area contributed by atoms with Gasteiger partial charge in [0.05, 0.1) is 12.2 Å². The molecule has 0 radical (unpaired) electrons. The molecular weight excluding hydrogens is 205 g/mol. The van der Waals surface area contributed by atoms with Crippen LogP contribution in [0.15, 0.2) is 24.3 Å². The summed E-state index contributed by atoms with van der Waals surface area (Å²) in [5.41, 5.74) is 6.30. The Morgan fingerprint density at radius 3 is 2.50 bits per heavy atom. The van der Waals surface area contributed by atoms with Gasteiger partial charge in [-0.2, -0.15) is 0 Å². The van der Waals surface area contributed by atoms with E-state index in [1.165, 1.54) is 12.1 Å². The van der Waals surface area contributed by atoms with Crippen LogP contribution in [0.5, 0.6) is 0 Å². The Kier molecular flexibility index (Phi) is 4.90. The summed E-state index contributed by atoms with van der Waals surface area (Å²) in [6.45, 7) is 5.02. The Bertz CT molecular complexity index is 315. The SMILES string of the molecule is CCC(CC)(CN)OCc1cccc(F)c1. The van der Waals surface area contributed by atoms with Gasteiger partial charge in [-0.15, -0.1) is 0 Å². The first-order valence-electron chi connectivity index (χ1n) is 5.74. The van der Waals surface area contributed by atoms with Crippen molar-refractivity contribution in [2.75, 3.05) is 6.54 Å². The van der Waals surface area contributed by atoms with Crippen LogP contribution in [-0.4, -0.2) is 12.1 Å². The molecule has 0 aromatic heterocycles. The molecule has 90 valence electrons. The first-order chi connectivity index (χ1) is 7.65. The number of nitrogens with two attached hydrogens (primary N) is 1. The third-order valence-corrected chi connectivity index (χ3v) is 3.09. The molecule has 0 heterocycles. The predicted octanol–water partition coefficient (Wildman–Crippen LogP) is 2.86. The number of ether oxygens (including phenoxy) is 1. The Balaban J connectivity index is 2.62. The van der Waals surface area contributed by atoms with E-state index in [0.717, 1.165) is 18.4 Å². The van der Waals surface area contributed by atoms with E-state index in [1.807, 2.05) is 6.07 Å². The molecule has 0 amide bonds. The molecule has 3 heteroatoms. The molecule has 1 aromatic carbocycles. The summed E-state index contributed by atoms with van der Waals surface area (Å²) >= 11 is 0. The summed E-state index contributed by atoms with van der Waals surface area (Å²) in [4.78, 5) is 0. The predicted molar refractivity (Wildman–Crippen MR) is 63.6 cm³/mol. The lowest BCUT2D eigenvalue weighted by Gasteiger charge is -2.30. The first kappa shape index (κ1) is 13.1. The molecular formula is C13H20FNO. The van der Waals surface area contributed by atoms with Crippen LogP contribution in [0, 0.1) is 5.82 Å². The normalized spacial score (nSPS) is 11.8. The van der Waals surface area contributed by atoms with E-state index in [0.29, 0.717) is 13.2 Å². The minimum Gasteiger partial charge on any atom is -0.369 e. The molecule has 1 aromatic rings. The zero-order valence-electron chi connectivity index (χ0n) is 10.0. The Morgan fingerprint density at radius 2 is 2.00 bits per heavy atom. The van der Waals surface area contributed by atoms with Crippen LogP contribution >= 0.6 is 0 Å². The lowest BCUT2D eigenvalue weighted by molar-refractivity contribution is -0.0554. The van der Waals surface area contributed by atoms with Gasteiger partial charge in [-0.25, -0.2) is 4.39 Å². The molecule has 0 aliphatic rings. The topological polar surface area (TPSA) is 35.2 Å². The first-order valence-corrected chi connectivity index (χ1v) is 5.74. The van der Waals surface area contributed by atoms with Gasteiger partial charge in [0.1, 0.15) is 5.82 Å². The Morgan fingerprint density at radius 1 is 1.31 bits per heavy atom. The second-order valence-corrected chi connectivity index (χ2v) is 4.01. The van der Waals surface area contributed by atoms with E-state index in [1.54, 1.807) is 6.07 Å². The third kappa shape index (κ3) is 3.29. The second kappa shape index (κ2) is 5.97. The molecule has 2 nitrogen and oxygen atoms in total. The molecule has 1 rings (SSSR count). The van der Waals surface area contributed by atoms with Crippen molar-refractivity contribution < 1.29 is 9.13 Å². The van der Waals surface area contributed by atoms with Crippen molar-refractivity contribution in [3.63, 3.8) is 0 Å². The average Bonchev–Trinajstić information content (AvgIpc) is 2.32. The van der Waals surface area contributed by atoms with Gasteiger partial charge >= 0.3 is 0 Å². The number of hydrogen-bond donors (Lipinski definition) is 1. The van der Waals surface area contributed by atoms with Crippen LogP contribution in [0.1, 0.15) is 32.3 Å². The highest BCUT2D eigenvalue weighted by molar-refractivity contribution is 5.15. The maximum atomic E-state index is 13.0. The van der Waals surface area contributed by atoms with E-state index in [4.69, 9.17) is 10.5 Å². The maximum absolute atomic E-state index is 13.0. The van der Waals surface area contributed by atoms with Crippen molar-refractivity contribution in [3.05, 3.63) is 35.6 Å². The largest absolute Gasteiger partial charge is 0.369 e. The van der Waals surface area contributed by atoms with Gasteiger partial charge in [0, 0.05) is 6.54 Å². The summed E-state index contributed by atoms with van der Waals surface area (Å²) < 4.78 is 18.8. The van der Waals surface area contributed by atoms with Crippen LogP contribution in [0.4, 0.5) is 4.39 Å². The van der Waals surface area contributed by atoms with Crippen LogP contribution in [-0.2, 0) is 11.3 Å². The van der Waals surface area contributed by atoms with Crippen LogP contribution in [0.2, 0.25) is 0 Å². The van der Waals surface area contributed by atoms with Crippen LogP contribution < -0.4 is 5.73 Å². The highest BCUT2D eigenvalue weighted by atomic mass is 19.1. The monoisotopic (exact) mass is 225 g/mol.